The summed E-state index contributed by atoms with van der Waals surface area (Å²) in [7, 11) is 0. The van der Waals surface area contributed by atoms with Crippen LogP contribution in [-0.2, 0) is 0 Å². The van der Waals surface area contributed by atoms with Gasteiger partial charge in [-0.3, -0.25) is 9.89 Å². The maximum atomic E-state index is 12.3. The number of alkyl halides is 2. The van der Waals surface area contributed by atoms with E-state index in [-0.39, 0.29) is 11.2 Å². The Morgan fingerprint density at radius 2 is 2.21 bits per heavy atom. The van der Waals surface area contributed by atoms with Crippen molar-refractivity contribution in [2.75, 3.05) is 0 Å². The fraction of sp³-hybridized carbons (Fsp3) is 0.250. The van der Waals surface area contributed by atoms with Crippen LogP contribution in [-0.4, -0.2) is 14.6 Å². The minimum Gasteiger partial charge on any atom is -0.277 e. The molecule has 0 radical (unpaired) electrons. The summed E-state index contributed by atoms with van der Waals surface area (Å²) < 4.78 is 25.7. The van der Waals surface area contributed by atoms with E-state index in [9.17, 15) is 13.6 Å². The maximum Gasteiger partial charge on any atom is 0.271 e. The number of halogens is 2. The first kappa shape index (κ1) is 8.86. The molecular formula is C8H7F2N3O. The Balaban J connectivity index is 2.78. The van der Waals surface area contributed by atoms with E-state index in [1.54, 1.807) is 6.92 Å². The molecule has 4 nitrogen and oxygen atoms in total. The molecule has 2 rings (SSSR count). The topological polar surface area (TPSA) is 50.2 Å². The Morgan fingerprint density at radius 3 is 2.86 bits per heavy atom. The van der Waals surface area contributed by atoms with Gasteiger partial charge in [0.2, 0.25) is 0 Å². The van der Waals surface area contributed by atoms with Crippen LogP contribution in [0.2, 0.25) is 0 Å². The van der Waals surface area contributed by atoms with Crippen molar-refractivity contribution in [1.29, 1.82) is 0 Å². The zero-order chi connectivity index (χ0) is 10.3. The van der Waals surface area contributed by atoms with Gasteiger partial charge in [-0.15, -0.1) is 0 Å². The lowest BCUT2D eigenvalue weighted by Crippen LogP contribution is -2.13. The van der Waals surface area contributed by atoms with E-state index in [1.807, 2.05) is 0 Å². The van der Waals surface area contributed by atoms with Gasteiger partial charge in [0.25, 0.3) is 12.0 Å². The van der Waals surface area contributed by atoms with E-state index in [0.29, 0.717) is 5.82 Å². The van der Waals surface area contributed by atoms with Gasteiger partial charge < -0.3 is 0 Å². The lowest BCUT2D eigenvalue weighted by atomic mass is 10.3. The van der Waals surface area contributed by atoms with Crippen LogP contribution in [0.15, 0.2) is 16.9 Å². The Hall–Kier alpha value is -1.72. The smallest absolute Gasteiger partial charge is 0.271 e. The summed E-state index contributed by atoms with van der Waals surface area (Å²) in [5.41, 5.74) is -0.620. The zero-order valence-electron chi connectivity index (χ0n) is 7.29. The van der Waals surface area contributed by atoms with Gasteiger partial charge >= 0.3 is 0 Å². The van der Waals surface area contributed by atoms with Gasteiger partial charge in [-0.05, 0) is 13.0 Å². The Labute approximate surface area is 77.2 Å². The van der Waals surface area contributed by atoms with Crippen LogP contribution in [0.1, 0.15) is 17.8 Å². The minimum absolute atomic E-state index is 0.213. The molecule has 1 N–H and O–H groups in total. The zero-order valence-corrected chi connectivity index (χ0v) is 7.29. The van der Waals surface area contributed by atoms with Gasteiger partial charge in [-0.1, -0.05) is 0 Å². The number of aromatic nitrogens is 3. The third-order valence-electron chi connectivity index (χ3n) is 1.84. The first-order valence-electron chi connectivity index (χ1n) is 3.95. The van der Waals surface area contributed by atoms with Crippen LogP contribution in [0, 0.1) is 6.92 Å². The fourth-order valence-corrected chi connectivity index (χ4v) is 1.25. The van der Waals surface area contributed by atoms with Crippen molar-refractivity contribution in [2.24, 2.45) is 0 Å². The molecule has 0 aliphatic carbocycles. The van der Waals surface area contributed by atoms with Gasteiger partial charge in [0.05, 0.1) is 0 Å². The number of nitrogens with zero attached hydrogens (tertiary/aromatic N) is 2. The van der Waals surface area contributed by atoms with Crippen LogP contribution in [0.4, 0.5) is 8.78 Å². The van der Waals surface area contributed by atoms with E-state index in [2.05, 4.69) is 10.1 Å². The minimum atomic E-state index is -2.65. The standard InChI is InChI=1S/C8H7F2N3O/c1-4-11-6-2-5(8(9)10)3-7(14)13(6)12-4/h2-3,8H,1H3,(H,11,12). The number of fused-ring (bicyclic) bond motifs is 1. The lowest BCUT2D eigenvalue weighted by molar-refractivity contribution is 0.151. The molecule has 6 heteroatoms. The molecule has 2 heterocycles. The van der Waals surface area contributed by atoms with Crippen LogP contribution in [0.5, 0.6) is 0 Å². The molecular weight excluding hydrogens is 192 g/mol. The average Bonchev–Trinajstić information content (AvgIpc) is 2.45. The van der Waals surface area contributed by atoms with Crippen LogP contribution in [0.25, 0.3) is 5.65 Å². The first-order chi connectivity index (χ1) is 6.58. The number of nitrogens with one attached hydrogen (secondary N) is 1. The summed E-state index contributed by atoms with van der Waals surface area (Å²) in [6, 6.07) is 2.09. The van der Waals surface area contributed by atoms with Crippen molar-refractivity contribution >= 4 is 5.65 Å². The highest BCUT2D eigenvalue weighted by atomic mass is 19.3. The molecule has 0 atom stereocenters. The number of pyridine rings is 1. The van der Waals surface area contributed by atoms with Crippen LogP contribution in [0.3, 0.4) is 0 Å². The quantitative estimate of drug-likeness (QED) is 0.751. The van der Waals surface area contributed by atoms with Crippen molar-refractivity contribution in [3.63, 3.8) is 0 Å². The number of hydrogen-bond acceptors (Lipinski definition) is 2. The van der Waals surface area contributed by atoms with E-state index in [4.69, 9.17) is 0 Å². The maximum absolute atomic E-state index is 12.3. The van der Waals surface area contributed by atoms with Gasteiger partial charge in [0.1, 0.15) is 5.82 Å². The molecule has 0 aromatic carbocycles. The number of rotatable bonds is 1. The largest absolute Gasteiger partial charge is 0.277 e. The van der Waals surface area contributed by atoms with Crippen molar-refractivity contribution in [3.8, 4) is 0 Å². The Morgan fingerprint density at radius 1 is 1.50 bits per heavy atom. The number of aromatic amines is 1. The molecule has 0 bridgehead atoms. The summed E-state index contributed by atoms with van der Waals surface area (Å²) in [5.74, 6) is 0.508. The van der Waals surface area contributed by atoms with Crippen LogP contribution < -0.4 is 5.56 Å². The number of H-pyrrole nitrogens is 1. The normalized spacial score (nSPS) is 11.4. The molecule has 0 fully saturated rings. The Kier molecular flexibility index (Phi) is 1.83. The summed E-state index contributed by atoms with van der Waals surface area (Å²) in [4.78, 5) is 15.2. The Bertz CT molecular complexity index is 529. The third-order valence-corrected chi connectivity index (χ3v) is 1.84. The predicted octanol–water partition coefficient (Wildman–Crippen LogP) is 1.27. The fourth-order valence-electron chi connectivity index (χ4n) is 1.25. The molecule has 0 aliphatic heterocycles. The third kappa shape index (κ3) is 1.28. The second kappa shape index (κ2) is 2.90. The van der Waals surface area contributed by atoms with Crippen molar-refractivity contribution in [3.05, 3.63) is 33.9 Å². The van der Waals surface area contributed by atoms with E-state index < -0.39 is 12.0 Å². The van der Waals surface area contributed by atoms with Crippen molar-refractivity contribution in [1.82, 2.24) is 14.6 Å². The first-order valence-corrected chi connectivity index (χ1v) is 3.95. The SMILES string of the molecule is Cc1nc2cc(C(F)F)cc(=O)n2[nH]1. The highest BCUT2D eigenvalue weighted by Crippen LogP contribution is 2.17. The van der Waals surface area contributed by atoms with Crippen molar-refractivity contribution < 1.29 is 8.78 Å². The summed E-state index contributed by atoms with van der Waals surface area (Å²) >= 11 is 0. The summed E-state index contributed by atoms with van der Waals surface area (Å²) in [6.45, 7) is 1.65. The molecule has 14 heavy (non-hydrogen) atoms. The van der Waals surface area contributed by atoms with Gasteiger partial charge in [0, 0.05) is 11.6 Å². The molecule has 0 amide bonds. The van der Waals surface area contributed by atoms with E-state index in [0.717, 1.165) is 10.6 Å². The van der Waals surface area contributed by atoms with E-state index >= 15 is 0 Å². The molecule has 0 saturated carbocycles. The molecule has 2 aromatic heterocycles. The molecule has 2 aromatic rings. The molecule has 0 aliphatic rings. The molecule has 74 valence electrons. The average molecular weight is 199 g/mol. The highest BCUT2D eigenvalue weighted by molar-refractivity contribution is 5.40. The second-order valence-electron chi connectivity index (χ2n) is 2.93. The van der Waals surface area contributed by atoms with Crippen molar-refractivity contribution in [2.45, 2.75) is 13.3 Å². The van der Waals surface area contributed by atoms with Gasteiger partial charge in [-0.25, -0.2) is 18.3 Å². The lowest BCUT2D eigenvalue weighted by Gasteiger charge is -1.97. The van der Waals surface area contributed by atoms with E-state index in [1.165, 1.54) is 6.07 Å². The second-order valence-corrected chi connectivity index (χ2v) is 2.93. The number of aryl methyl sites for hydroxylation is 1. The summed E-state index contributed by atoms with van der Waals surface area (Å²) in [5, 5.41) is 2.64. The summed E-state index contributed by atoms with van der Waals surface area (Å²) in [6.07, 6.45) is -2.65. The van der Waals surface area contributed by atoms with Gasteiger partial charge in [0.15, 0.2) is 5.65 Å². The molecule has 0 spiro atoms. The number of hydrogen-bond donors (Lipinski definition) is 1. The highest BCUT2D eigenvalue weighted by Gasteiger charge is 2.11. The van der Waals surface area contributed by atoms with Gasteiger partial charge in [-0.2, -0.15) is 0 Å². The predicted molar refractivity (Wildman–Crippen MR) is 45.5 cm³/mol. The molecule has 0 unspecified atom stereocenters. The monoisotopic (exact) mass is 199 g/mol. The van der Waals surface area contributed by atoms with Crippen LogP contribution >= 0.6 is 0 Å². The molecule has 0 saturated heterocycles.